The highest BCUT2D eigenvalue weighted by atomic mass is 127. The van der Waals surface area contributed by atoms with Gasteiger partial charge in [-0.05, 0) is 41.8 Å². The highest BCUT2D eigenvalue weighted by molar-refractivity contribution is 14.0. The predicted octanol–water partition coefficient (Wildman–Crippen LogP) is 3.06. The van der Waals surface area contributed by atoms with Crippen LogP contribution < -0.4 is 15.0 Å². The minimum Gasteiger partial charge on any atom is -0.497 e. The molecule has 0 radical (unpaired) electrons. The fraction of sp³-hybridized carbons (Fsp3) is 0.350. The second-order valence-corrected chi connectivity index (χ2v) is 7.59. The summed E-state index contributed by atoms with van der Waals surface area (Å²) in [6.07, 6.45) is 0. The van der Waals surface area contributed by atoms with Gasteiger partial charge in [-0.15, -0.1) is 35.3 Å². The highest BCUT2D eigenvalue weighted by Crippen LogP contribution is 2.22. The van der Waals surface area contributed by atoms with Gasteiger partial charge in [0, 0.05) is 38.8 Å². The summed E-state index contributed by atoms with van der Waals surface area (Å²) in [6.45, 7) is 4.40. The number of thiophene rings is 1. The van der Waals surface area contributed by atoms with E-state index >= 15 is 0 Å². The van der Waals surface area contributed by atoms with E-state index in [1.165, 1.54) is 5.00 Å². The monoisotopic (exact) mass is 539 g/mol. The quantitative estimate of drug-likeness (QED) is 0.295. The van der Waals surface area contributed by atoms with Crippen LogP contribution in [0.3, 0.4) is 0 Å². The van der Waals surface area contributed by atoms with Gasteiger partial charge in [0.25, 0.3) is 0 Å². The van der Waals surface area contributed by atoms with Crippen molar-refractivity contribution in [2.45, 2.75) is 6.54 Å². The second kappa shape index (κ2) is 10.6. The molecule has 0 bridgehead atoms. The number of aromatic nitrogens is 3. The van der Waals surface area contributed by atoms with Crippen LogP contribution in [0.5, 0.6) is 5.75 Å². The molecule has 10 heteroatoms. The van der Waals surface area contributed by atoms with Crippen molar-refractivity contribution >= 4 is 46.3 Å². The third-order valence-corrected chi connectivity index (χ3v) is 5.83. The smallest absolute Gasteiger partial charge is 0.194 e. The maximum absolute atomic E-state index is 5.19. The lowest BCUT2D eigenvalue weighted by atomic mass is 10.2. The maximum Gasteiger partial charge on any atom is 0.194 e. The summed E-state index contributed by atoms with van der Waals surface area (Å²) in [7, 11) is 3.47. The lowest BCUT2D eigenvalue weighted by Gasteiger charge is -2.36. The number of anilines is 1. The van der Waals surface area contributed by atoms with E-state index < -0.39 is 0 Å². The Labute approximate surface area is 197 Å². The zero-order valence-corrected chi connectivity index (χ0v) is 20.2. The van der Waals surface area contributed by atoms with E-state index in [0.29, 0.717) is 12.4 Å². The largest absolute Gasteiger partial charge is 0.497 e. The Morgan fingerprint density at radius 3 is 2.60 bits per heavy atom. The first-order chi connectivity index (χ1) is 14.3. The molecule has 3 heterocycles. The van der Waals surface area contributed by atoms with Crippen LogP contribution in [0, 0.1) is 0 Å². The molecule has 4 rings (SSSR count). The summed E-state index contributed by atoms with van der Waals surface area (Å²) in [4.78, 5) is 13.7. The van der Waals surface area contributed by atoms with Crippen molar-refractivity contribution < 1.29 is 4.74 Å². The van der Waals surface area contributed by atoms with Gasteiger partial charge >= 0.3 is 0 Å². The standard InChI is InChI=1S/C20H25N7OS.HI/c1-21-20(27-11-9-26(10-12-27)18-4-3-13-29-18)22-14-17-23-19(25-24-17)15-5-7-16(28-2)8-6-15;/h3-8,13H,9-12,14H2,1-2H3,(H,21,22)(H,23,24,25);1H. The van der Waals surface area contributed by atoms with Crippen molar-refractivity contribution in [1.29, 1.82) is 0 Å². The van der Waals surface area contributed by atoms with Crippen molar-refractivity contribution in [2.75, 3.05) is 45.2 Å². The molecule has 1 aliphatic heterocycles. The number of H-pyrrole nitrogens is 1. The van der Waals surface area contributed by atoms with Crippen molar-refractivity contribution in [3.05, 3.63) is 47.6 Å². The molecule has 1 fully saturated rings. The summed E-state index contributed by atoms with van der Waals surface area (Å²) in [5, 5.41) is 14.2. The molecule has 8 nitrogen and oxygen atoms in total. The van der Waals surface area contributed by atoms with Gasteiger partial charge in [-0.3, -0.25) is 10.1 Å². The maximum atomic E-state index is 5.19. The van der Waals surface area contributed by atoms with Crippen molar-refractivity contribution in [3.8, 4) is 17.1 Å². The third-order valence-electron chi connectivity index (χ3n) is 4.90. The number of hydrogen-bond acceptors (Lipinski definition) is 6. The van der Waals surface area contributed by atoms with Crippen LogP contribution in [0.4, 0.5) is 5.00 Å². The molecule has 0 amide bonds. The molecular formula is C20H26IN7OS. The number of aromatic amines is 1. The molecule has 0 aliphatic carbocycles. The summed E-state index contributed by atoms with van der Waals surface area (Å²) < 4.78 is 5.19. The highest BCUT2D eigenvalue weighted by Gasteiger charge is 2.20. The van der Waals surface area contributed by atoms with Crippen molar-refractivity contribution in [3.63, 3.8) is 0 Å². The number of ether oxygens (including phenoxy) is 1. The Bertz CT molecular complexity index is 934. The third kappa shape index (κ3) is 5.22. The van der Waals surface area contributed by atoms with Gasteiger partial charge < -0.3 is 19.9 Å². The van der Waals surface area contributed by atoms with Gasteiger partial charge in [0.2, 0.25) is 0 Å². The zero-order valence-electron chi connectivity index (χ0n) is 17.0. The number of piperazine rings is 1. The number of aliphatic imine (C=N–C) groups is 1. The number of halogens is 1. The molecule has 160 valence electrons. The SMILES string of the molecule is CN=C(NCc1nc(-c2ccc(OC)cc2)n[nH]1)N1CCN(c2cccs2)CC1.I. The average Bonchev–Trinajstić information content (AvgIpc) is 3.47. The van der Waals surface area contributed by atoms with Crippen LogP contribution in [0.15, 0.2) is 46.8 Å². The van der Waals surface area contributed by atoms with Crippen LogP contribution in [-0.4, -0.2) is 66.4 Å². The van der Waals surface area contributed by atoms with Crippen LogP contribution in [0.2, 0.25) is 0 Å². The van der Waals surface area contributed by atoms with Gasteiger partial charge in [-0.2, -0.15) is 5.10 Å². The Balaban J connectivity index is 0.00000256. The normalized spacial score (nSPS) is 14.4. The minimum absolute atomic E-state index is 0. The fourth-order valence-corrected chi connectivity index (χ4v) is 4.11. The molecule has 1 saturated heterocycles. The van der Waals surface area contributed by atoms with E-state index in [1.807, 2.05) is 31.3 Å². The van der Waals surface area contributed by atoms with Crippen LogP contribution in [-0.2, 0) is 6.54 Å². The molecule has 2 N–H and O–H groups in total. The first-order valence-electron chi connectivity index (χ1n) is 9.56. The summed E-state index contributed by atoms with van der Waals surface area (Å²) in [6, 6.07) is 12.0. The van der Waals surface area contributed by atoms with E-state index in [2.05, 4.69) is 52.8 Å². The second-order valence-electron chi connectivity index (χ2n) is 6.66. The fourth-order valence-electron chi connectivity index (χ4n) is 3.33. The Morgan fingerprint density at radius 2 is 1.97 bits per heavy atom. The topological polar surface area (TPSA) is 81.7 Å². The number of nitrogens with one attached hydrogen (secondary N) is 2. The lowest BCUT2D eigenvalue weighted by Crippen LogP contribution is -2.52. The molecule has 0 spiro atoms. The Hall–Kier alpha value is -2.34. The van der Waals surface area contributed by atoms with E-state index in [-0.39, 0.29) is 24.0 Å². The van der Waals surface area contributed by atoms with E-state index in [4.69, 9.17) is 4.74 Å². The first-order valence-corrected chi connectivity index (χ1v) is 10.4. The lowest BCUT2D eigenvalue weighted by molar-refractivity contribution is 0.373. The molecule has 1 aliphatic rings. The molecule has 0 unspecified atom stereocenters. The van der Waals surface area contributed by atoms with Crippen molar-refractivity contribution in [1.82, 2.24) is 25.4 Å². The van der Waals surface area contributed by atoms with Gasteiger partial charge in [0.05, 0.1) is 18.7 Å². The summed E-state index contributed by atoms with van der Waals surface area (Å²) in [5.74, 6) is 3.14. The number of methoxy groups -OCH3 is 1. The van der Waals surface area contributed by atoms with E-state index in [0.717, 1.165) is 49.3 Å². The molecule has 0 atom stereocenters. The van der Waals surface area contributed by atoms with E-state index in [1.54, 1.807) is 18.4 Å². The number of hydrogen-bond donors (Lipinski definition) is 2. The summed E-state index contributed by atoms with van der Waals surface area (Å²) >= 11 is 1.79. The molecule has 3 aromatic rings. The minimum atomic E-state index is 0. The number of benzene rings is 1. The van der Waals surface area contributed by atoms with Gasteiger partial charge in [0.15, 0.2) is 11.8 Å². The van der Waals surface area contributed by atoms with Gasteiger partial charge in [-0.25, -0.2) is 4.98 Å². The van der Waals surface area contributed by atoms with Crippen LogP contribution in [0.1, 0.15) is 5.82 Å². The average molecular weight is 539 g/mol. The van der Waals surface area contributed by atoms with Crippen molar-refractivity contribution in [2.24, 2.45) is 4.99 Å². The van der Waals surface area contributed by atoms with Gasteiger partial charge in [0.1, 0.15) is 11.6 Å². The van der Waals surface area contributed by atoms with Crippen LogP contribution in [0.25, 0.3) is 11.4 Å². The summed E-state index contributed by atoms with van der Waals surface area (Å²) in [5.41, 5.74) is 0.947. The molecule has 2 aromatic heterocycles. The Kier molecular flexibility index (Phi) is 7.91. The molecular weight excluding hydrogens is 513 g/mol. The predicted molar refractivity (Wildman–Crippen MR) is 132 cm³/mol. The number of guanidine groups is 1. The van der Waals surface area contributed by atoms with Gasteiger partial charge in [-0.1, -0.05) is 0 Å². The number of nitrogens with zero attached hydrogens (tertiary/aromatic N) is 5. The molecule has 1 aromatic carbocycles. The van der Waals surface area contributed by atoms with Crippen LogP contribution >= 0.6 is 35.3 Å². The molecule has 30 heavy (non-hydrogen) atoms. The first kappa shape index (κ1) is 22.3. The number of rotatable bonds is 5. The molecule has 0 saturated carbocycles. The zero-order chi connectivity index (χ0) is 20.1. The Morgan fingerprint density at radius 1 is 1.20 bits per heavy atom. The van der Waals surface area contributed by atoms with E-state index in [9.17, 15) is 0 Å².